The highest BCUT2D eigenvalue weighted by atomic mass is 16.5. The Morgan fingerprint density at radius 3 is 2.17 bits per heavy atom. The maximum Gasteiger partial charge on any atom is 0.333 e. The van der Waals surface area contributed by atoms with Crippen LogP contribution in [0.15, 0.2) is 60.7 Å². The molecule has 1 amide bonds. The van der Waals surface area contributed by atoms with Gasteiger partial charge in [-0.2, -0.15) is 0 Å². The van der Waals surface area contributed by atoms with Crippen molar-refractivity contribution in [2.45, 2.75) is 50.7 Å². The number of rotatable bonds is 8. The number of Topliss-reactive ketones (excluding diaryl/α,β-unsaturated/α-hetero) is 1. The fraction of sp³-hybridized carbons (Fsp3) is 0.483. The zero-order valence-electron chi connectivity index (χ0n) is 20.2. The summed E-state index contributed by atoms with van der Waals surface area (Å²) in [7, 11) is 0. The maximum absolute atomic E-state index is 13.5. The number of ketones is 1. The summed E-state index contributed by atoms with van der Waals surface area (Å²) in [5.41, 5.74) is 1.48. The Morgan fingerprint density at radius 2 is 1.51 bits per heavy atom. The molecule has 3 saturated heterocycles. The first-order valence-corrected chi connectivity index (χ1v) is 13.0. The molecule has 1 aliphatic carbocycles. The largest absolute Gasteiger partial charge is 0.454 e. The molecule has 2 aromatic rings. The molecule has 4 fully saturated rings. The van der Waals surface area contributed by atoms with Crippen LogP contribution in [0.5, 0.6) is 0 Å². The quantitative estimate of drug-likeness (QED) is 0.355. The number of fused-ring (bicyclic) bond motifs is 3. The molecule has 6 nitrogen and oxygen atoms in total. The van der Waals surface area contributed by atoms with Gasteiger partial charge in [0, 0.05) is 30.2 Å². The van der Waals surface area contributed by atoms with Gasteiger partial charge < -0.3 is 14.5 Å². The van der Waals surface area contributed by atoms with Crippen molar-refractivity contribution >= 4 is 17.7 Å². The topological polar surface area (TPSA) is 72.5 Å². The van der Waals surface area contributed by atoms with E-state index in [2.05, 4.69) is 5.32 Å². The number of quaternary nitrogens is 1. The predicted octanol–water partition coefficient (Wildman–Crippen LogP) is 4.07. The van der Waals surface area contributed by atoms with E-state index in [1.807, 2.05) is 60.7 Å². The smallest absolute Gasteiger partial charge is 0.333 e. The molecular formula is C29H35N2O4+. The van der Waals surface area contributed by atoms with Gasteiger partial charge in [0.05, 0.1) is 13.1 Å². The van der Waals surface area contributed by atoms with Gasteiger partial charge in [-0.25, -0.2) is 4.79 Å². The van der Waals surface area contributed by atoms with Crippen LogP contribution in [0.25, 0.3) is 0 Å². The van der Waals surface area contributed by atoms with Gasteiger partial charge in [-0.05, 0) is 18.4 Å². The SMILES string of the molecule is O=C(C[N+]12CCC(CC1)[C@@H](OC(=O)C(NC(=O)C1CCCC1)c1ccccc1)C2)c1ccccc1. The summed E-state index contributed by atoms with van der Waals surface area (Å²) in [6.45, 7) is 2.98. The Labute approximate surface area is 207 Å². The minimum atomic E-state index is -0.806. The van der Waals surface area contributed by atoms with Crippen LogP contribution in [0, 0.1) is 11.8 Å². The number of benzene rings is 2. The number of nitrogens with zero attached hydrogens (tertiary/aromatic N) is 1. The summed E-state index contributed by atoms with van der Waals surface area (Å²) in [6.07, 6.45) is 5.54. The highest BCUT2D eigenvalue weighted by Gasteiger charge is 2.49. The van der Waals surface area contributed by atoms with E-state index in [9.17, 15) is 14.4 Å². The van der Waals surface area contributed by atoms with Crippen LogP contribution in [-0.4, -0.2) is 54.4 Å². The first kappa shape index (κ1) is 23.7. The Hall–Kier alpha value is -2.99. The Bertz CT molecular complexity index is 1040. The van der Waals surface area contributed by atoms with Crippen LogP contribution in [-0.2, 0) is 14.3 Å². The molecule has 1 N–H and O–H groups in total. The van der Waals surface area contributed by atoms with Crippen molar-refractivity contribution in [1.82, 2.24) is 5.32 Å². The van der Waals surface area contributed by atoms with E-state index in [-0.39, 0.29) is 23.7 Å². The van der Waals surface area contributed by atoms with Gasteiger partial charge in [-0.1, -0.05) is 73.5 Å². The van der Waals surface area contributed by atoms with Crippen molar-refractivity contribution in [2.24, 2.45) is 11.8 Å². The van der Waals surface area contributed by atoms with Crippen molar-refractivity contribution in [3.05, 3.63) is 71.8 Å². The molecule has 4 aliphatic rings. The number of piperidine rings is 3. The number of hydrogen-bond donors (Lipinski definition) is 1. The van der Waals surface area contributed by atoms with Gasteiger partial charge in [0.1, 0.15) is 13.1 Å². The summed E-state index contributed by atoms with van der Waals surface area (Å²) in [5, 5.41) is 3.00. The van der Waals surface area contributed by atoms with Crippen LogP contribution in [0.4, 0.5) is 0 Å². The minimum absolute atomic E-state index is 0.0244. The van der Waals surface area contributed by atoms with E-state index >= 15 is 0 Å². The van der Waals surface area contributed by atoms with E-state index in [0.717, 1.165) is 62.7 Å². The molecule has 2 atom stereocenters. The number of hydrogen-bond acceptors (Lipinski definition) is 4. The van der Waals surface area contributed by atoms with Gasteiger partial charge in [0.15, 0.2) is 12.1 Å². The van der Waals surface area contributed by atoms with E-state index in [1.165, 1.54) is 0 Å². The molecule has 35 heavy (non-hydrogen) atoms. The van der Waals surface area contributed by atoms with Crippen LogP contribution in [0.2, 0.25) is 0 Å². The summed E-state index contributed by atoms with van der Waals surface area (Å²) in [6, 6.07) is 18.0. The monoisotopic (exact) mass is 475 g/mol. The molecule has 2 bridgehead atoms. The second-order valence-electron chi connectivity index (χ2n) is 10.6. The van der Waals surface area contributed by atoms with E-state index in [1.54, 1.807) is 0 Å². The lowest BCUT2D eigenvalue weighted by atomic mass is 9.82. The summed E-state index contributed by atoms with van der Waals surface area (Å²) >= 11 is 0. The van der Waals surface area contributed by atoms with Crippen LogP contribution in [0.3, 0.4) is 0 Å². The predicted molar refractivity (Wildman–Crippen MR) is 132 cm³/mol. The lowest BCUT2D eigenvalue weighted by molar-refractivity contribution is -0.938. The molecule has 6 rings (SSSR count). The van der Waals surface area contributed by atoms with Crippen molar-refractivity contribution in [3.63, 3.8) is 0 Å². The number of amides is 1. The zero-order chi connectivity index (χ0) is 24.3. The molecule has 0 aromatic heterocycles. The molecule has 2 aromatic carbocycles. The third kappa shape index (κ3) is 5.32. The highest BCUT2D eigenvalue weighted by molar-refractivity contribution is 5.97. The van der Waals surface area contributed by atoms with Gasteiger partial charge in [0.25, 0.3) is 0 Å². The molecule has 1 unspecified atom stereocenters. The fourth-order valence-electron chi connectivity index (χ4n) is 6.19. The Morgan fingerprint density at radius 1 is 0.886 bits per heavy atom. The molecule has 0 radical (unpaired) electrons. The standard InChI is InChI=1S/C29H34N2O4/c32-25(21-9-3-1-4-10-21)19-31-17-15-22(16-18-31)26(20-31)35-29(34)27(23-11-5-2-6-12-23)30-28(33)24-13-7-8-14-24/h1-6,9-12,22,24,26-27H,7-8,13-20H2/p+1/t22?,26-,27?,31?/m0/s1. The fourth-order valence-corrected chi connectivity index (χ4v) is 6.19. The number of nitrogens with one attached hydrogen (secondary N) is 1. The van der Waals surface area contributed by atoms with Gasteiger partial charge in [-0.3, -0.25) is 9.59 Å². The molecular weight excluding hydrogens is 440 g/mol. The molecule has 0 spiro atoms. The number of esters is 1. The van der Waals surface area contributed by atoms with E-state index < -0.39 is 12.0 Å². The average molecular weight is 476 g/mol. The van der Waals surface area contributed by atoms with Gasteiger partial charge in [0.2, 0.25) is 11.7 Å². The molecule has 184 valence electrons. The Balaban J connectivity index is 1.28. The summed E-state index contributed by atoms with van der Waals surface area (Å²) in [4.78, 5) is 39.4. The second-order valence-corrected chi connectivity index (χ2v) is 10.6. The number of carbonyl (C=O) groups excluding carboxylic acids is 3. The second kappa shape index (κ2) is 10.3. The number of ether oxygens (including phenoxy) is 1. The van der Waals surface area contributed by atoms with Gasteiger partial charge >= 0.3 is 5.97 Å². The maximum atomic E-state index is 13.5. The molecule has 1 saturated carbocycles. The van der Waals surface area contributed by atoms with Crippen LogP contribution >= 0.6 is 0 Å². The van der Waals surface area contributed by atoms with E-state index in [4.69, 9.17) is 4.74 Å². The molecule has 6 heteroatoms. The number of carbonyl (C=O) groups is 3. The minimum Gasteiger partial charge on any atom is -0.454 e. The van der Waals surface area contributed by atoms with Crippen molar-refractivity contribution < 1.29 is 23.6 Å². The first-order chi connectivity index (χ1) is 17.0. The van der Waals surface area contributed by atoms with Crippen LogP contribution < -0.4 is 5.32 Å². The van der Waals surface area contributed by atoms with Gasteiger partial charge in [-0.15, -0.1) is 0 Å². The molecule has 3 heterocycles. The Kier molecular flexibility index (Phi) is 7.00. The third-order valence-electron chi connectivity index (χ3n) is 8.26. The summed E-state index contributed by atoms with van der Waals surface area (Å²) < 4.78 is 6.81. The third-order valence-corrected chi connectivity index (χ3v) is 8.26. The summed E-state index contributed by atoms with van der Waals surface area (Å²) in [5.74, 6) is -0.0219. The van der Waals surface area contributed by atoms with Crippen molar-refractivity contribution in [1.29, 1.82) is 0 Å². The normalized spacial score (nSPS) is 26.7. The lowest BCUT2D eigenvalue weighted by Crippen LogP contribution is -2.66. The first-order valence-electron chi connectivity index (χ1n) is 13.0. The van der Waals surface area contributed by atoms with E-state index in [0.29, 0.717) is 23.5 Å². The van der Waals surface area contributed by atoms with Crippen LogP contribution in [0.1, 0.15) is 60.5 Å². The zero-order valence-corrected chi connectivity index (χ0v) is 20.2. The highest BCUT2D eigenvalue weighted by Crippen LogP contribution is 2.36. The van der Waals surface area contributed by atoms with Crippen molar-refractivity contribution in [3.8, 4) is 0 Å². The lowest BCUT2D eigenvalue weighted by Gasteiger charge is -2.51. The van der Waals surface area contributed by atoms with Crippen molar-refractivity contribution in [2.75, 3.05) is 26.2 Å². The average Bonchev–Trinajstić information content (AvgIpc) is 3.44. The molecule has 3 aliphatic heterocycles.